The molecule has 2 aromatic rings. The molecule has 2 N–H and O–H groups in total. The molecule has 0 spiro atoms. The van der Waals surface area contributed by atoms with Gasteiger partial charge in [-0.3, -0.25) is 4.79 Å². The Balaban J connectivity index is 2.22. The molecular weight excluding hydrogens is 351 g/mol. The minimum atomic E-state index is -0.605. The number of hydrogen-bond donors (Lipinski definition) is 2. The number of para-hydroxylation sites is 1. The highest BCUT2D eigenvalue weighted by Gasteiger charge is 2.16. The first-order valence-electron chi connectivity index (χ1n) is 8.43. The van der Waals surface area contributed by atoms with Gasteiger partial charge in [0.25, 0.3) is 0 Å². The highest BCUT2D eigenvalue weighted by atomic mass is 19.1. The summed E-state index contributed by atoms with van der Waals surface area (Å²) < 4.78 is 24.2. The van der Waals surface area contributed by atoms with Crippen LogP contribution in [0.4, 0.5) is 20.6 Å². The van der Waals surface area contributed by atoms with Gasteiger partial charge in [-0.2, -0.15) is 0 Å². The summed E-state index contributed by atoms with van der Waals surface area (Å²) in [5.41, 5.74) is 2.88. The number of ether oxygens (including phenoxy) is 2. The number of methoxy groups -OCH3 is 2. The van der Waals surface area contributed by atoms with E-state index in [0.717, 1.165) is 11.1 Å². The van der Waals surface area contributed by atoms with Crippen LogP contribution in [-0.4, -0.2) is 26.2 Å². The average Bonchev–Trinajstić information content (AvgIpc) is 2.65. The number of urea groups is 1. The summed E-state index contributed by atoms with van der Waals surface area (Å²) in [6.45, 7) is 3.78. The zero-order valence-corrected chi connectivity index (χ0v) is 15.8. The standard InChI is InChI=1S/C20H23FN2O4/c1-12-8-10-16(26-3)18(13(12)2)22-20(25)23-19-14(6-5-7-15(19)21)9-11-17(24)27-4/h5-8,10H,9,11H2,1-4H3,(H2,22,23,25). The third-order valence-electron chi connectivity index (χ3n) is 4.32. The van der Waals surface area contributed by atoms with E-state index in [1.165, 1.54) is 26.4 Å². The number of amides is 2. The molecule has 0 heterocycles. The normalized spacial score (nSPS) is 10.3. The number of halogens is 1. The van der Waals surface area contributed by atoms with Gasteiger partial charge in [0.05, 0.1) is 25.6 Å². The Labute approximate surface area is 157 Å². The smallest absolute Gasteiger partial charge is 0.323 e. The molecule has 0 saturated heterocycles. The highest BCUT2D eigenvalue weighted by molar-refractivity contribution is 6.02. The van der Waals surface area contributed by atoms with Crippen LogP contribution >= 0.6 is 0 Å². The Morgan fingerprint density at radius 3 is 2.41 bits per heavy atom. The molecule has 0 aromatic heterocycles. The van der Waals surface area contributed by atoms with E-state index in [1.807, 2.05) is 19.9 Å². The lowest BCUT2D eigenvalue weighted by Crippen LogP contribution is -2.22. The first-order chi connectivity index (χ1) is 12.9. The second-order valence-corrected chi connectivity index (χ2v) is 6.01. The minimum Gasteiger partial charge on any atom is -0.495 e. The van der Waals surface area contributed by atoms with Crippen LogP contribution in [0.1, 0.15) is 23.1 Å². The molecule has 0 aliphatic carbocycles. The summed E-state index contributed by atoms with van der Waals surface area (Å²) in [4.78, 5) is 23.8. The van der Waals surface area contributed by atoms with Crippen molar-refractivity contribution in [1.29, 1.82) is 0 Å². The van der Waals surface area contributed by atoms with E-state index in [-0.39, 0.29) is 18.5 Å². The number of rotatable bonds is 6. The van der Waals surface area contributed by atoms with Crippen molar-refractivity contribution in [1.82, 2.24) is 0 Å². The summed E-state index contributed by atoms with van der Waals surface area (Å²) in [6.07, 6.45) is 0.327. The number of anilines is 2. The minimum absolute atomic E-state index is 0.0307. The van der Waals surface area contributed by atoms with Crippen molar-refractivity contribution in [3.63, 3.8) is 0 Å². The maximum atomic E-state index is 14.3. The molecule has 27 heavy (non-hydrogen) atoms. The van der Waals surface area contributed by atoms with Crippen LogP contribution in [0, 0.1) is 19.7 Å². The number of benzene rings is 2. The molecule has 2 rings (SSSR count). The Morgan fingerprint density at radius 2 is 1.74 bits per heavy atom. The number of carbonyl (C=O) groups is 2. The van der Waals surface area contributed by atoms with Crippen LogP contribution in [0.25, 0.3) is 0 Å². The number of hydrogen-bond acceptors (Lipinski definition) is 4. The van der Waals surface area contributed by atoms with Crippen LogP contribution in [0.5, 0.6) is 5.75 Å². The van der Waals surface area contributed by atoms with E-state index in [2.05, 4.69) is 15.4 Å². The lowest BCUT2D eigenvalue weighted by molar-refractivity contribution is -0.140. The van der Waals surface area contributed by atoms with Crippen molar-refractivity contribution in [3.8, 4) is 5.75 Å². The average molecular weight is 374 g/mol. The maximum Gasteiger partial charge on any atom is 0.323 e. The first-order valence-corrected chi connectivity index (χ1v) is 8.43. The van der Waals surface area contributed by atoms with E-state index in [1.54, 1.807) is 12.1 Å². The Hall–Kier alpha value is -3.09. The highest BCUT2D eigenvalue weighted by Crippen LogP contribution is 2.30. The van der Waals surface area contributed by atoms with Gasteiger partial charge in [0.2, 0.25) is 0 Å². The largest absolute Gasteiger partial charge is 0.495 e. The van der Waals surface area contributed by atoms with Crippen molar-refractivity contribution in [2.45, 2.75) is 26.7 Å². The molecule has 0 atom stereocenters. The third-order valence-corrected chi connectivity index (χ3v) is 4.32. The molecule has 0 aliphatic rings. The van der Waals surface area contributed by atoms with Gasteiger partial charge in [-0.15, -0.1) is 0 Å². The van der Waals surface area contributed by atoms with Gasteiger partial charge in [-0.05, 0) is 49.1 Å². The predicted molar refractivity (Wildman–Crippen MR) is 102 cm³/mol. The summed E-state index contributed by atoms with van der Waals surface area (Å²) in [5.74, 6) is -0.483. The van der Waals surface area contributed by atoms with Crippen molar-refractivity contribution < 1.29 is 23.5 Å². The van der Waals surface area contributed by atoms with Crippen LogP contribution < -0.4 is 15.4 Å². The van der Waals surface area contributed by atoms with Crippen LogP contribution in [0.15, 0.2) is 30.3 Å². The van der Waals surface area contributed by atoms with E-state index >= 15 is 0 Å². The molecule has 0 fully saturated rings. The quantitative estimate of drug-likeness (QED) is 0.743. The second kappa shape index (κ2) is 9.02. The fourth-order valence-corrected chi connectivity index (χ4v) is 2.63. The molecule has 6 nitrogen and oxygen atoms in total. The summed E-state index contributed by atoms with van der Waals surface area (Å²) >= 11 is 0. The molecule has 7 heteroatoms. The zero-order valence-electron chi connectivity index (χ0n) is 15.8. The summed E-state index contributed by atoms with van der Waals surface area (Å²) in [7, 11) is 2.80. The van der Waals surface area contributed by atoms with Crippen molar-refractivity contribution >= 4 is 23.4 Å². The van der Waals surface area contributed by atoms with Crippen molar-refractivity contribution in [2.24, 2.45) is 0 Å². The topological polar surface area (TPSA) is 76.7 Å². The van der Waals surface area contributed by atoms with Gasteiger partial charge in [-0.1, -0.05) is 18.2 Å². The second-order valence-electron chi connectivity index (χ2n) is 6.01. The lowest BCUT2D eigenvalue weighted by atomic mass is 10.1. The fourth-order valence-electron chi connectivity index (χ4n) is 2.63. The molecule has 144 valence electrons. The van der Waals surface area contributed by atoms with E-state index < -0.39 is 17.8 Å². The van der Waals surface area contributed by atoms with Gasteiger partial charge in [-0.25, -0.2) is 9.18 Å². The van der Waals surface area contributed by atoms with Crippen LogP contribution in [-0.2, 0) is 16.0 Å². The van der Waals surface area contributed by atoms with E-state index in [9.17, 15) is 14.0 Å². The molecule has 2 amide bonds. The van der Waals surface area contributed by atoms with Crippen LogP contribution in [0.2, 0.25) is 0 Å². The molecule has 0 saturated carbocycles. The van der Waals surface area contributed by atoms with Gasteiger partial charge < -0.3 is 20.1 Å². The molecule has 0 unspecified atom stereocenters. The number of nitrogens with one attached hydrogen (secondary N) is 2. The Bertz CT molecular complexity index is 852. The van der Waals surface area contributed by atoms with Gasteiger partial charge in [0.15, 0.2) is 0 Å². The number of carbonyl (C=O) groups excluding carboxylic acids is 2. The number of esters is 1. The maximum absolute atomic E-state index is 14.3. The summed E-state index contributed by atoms with van der Waals surface area (Å²) in [5, 5.41) is 5.25. The molecular formula is C20H23FN2O4. The monoisotopic (exact) mass is 374 g/mol. The van der Waals surface area contributed by atoms with E-state index in [0.29, 0.717) is 17.0 Å². The van der Waals surface area contributed by atoms with Gasteiger partial charge in [0.1, 0.15) is 11.6 Å². The molecule has 2 aromatic carbocycles. The van der Waals surface area contributed by atoms with E-state index in [4.69, 9.17) is 4.74 Å². The fraction of sp³-hybridized carbons (Fsp3) is 0.300. The SMILES string of the molecule is COC(=O)CCc1cccc(F)c1NC(=O)Nc1c(OC)ccc(C)c1C. The van der Waals surface area contributed by atoms with Crippen molar-refractivity contribution in [3.05, 3.63) is 52.8 Å². The Kier molecular flexibility index (Phi) is 6.76. The molecule has 0 bridgehead atoms. The predicted octanol–water partition coefficient (Wildman–Crippen LogP) is 4.20. The van der Waals surface area contributed by atoms with Gasteiger partial charge in [0, 0.05) is 6.42 Å². The number of aryl methyl sites for hydroxylation is 2. The molecule has 0 radical (unpaired) electrons. The zero-order chi connectivity index (χ0) is 20.0. The third kappa shape index (κ3) is 4.97. The van der Waals surface area contributed by atoms with Crippen molar-refractivity contribution in [2.75, 3.05) is 24.9 Å². The molecule has 0 aliphatic heterocycles. The lowest BCUT2D eigenvalue weighted by Gasteiger charge is -2.17. The Morgan fingerprint density at radius 1 is 1.04 bits per heavy atom. The van der Waals surface area contributed by atoms with Gasteiger partial charge >= 0.3 is 12.0 Å². The first kappa shape index (κ1) is 20.2. The summed E-state index contributed by atoms with van der Waals surface area (Å²) in [6, 6.07) is 7.46. The van der Waals surface area contributed by atoms with Crippen LogP contribution in [0.3, 0.4) is 0 Å².